The summed E-state index contributed by atoms with van der Waals surface area (Å²) in [7, 11) is 0. The van der Waals surface area contributed by atoms with Gasteiger partial charge >= 0.3 is 0 Å². The van der Waals surface area contributed by atoms with Crippen LogP contribution < -0.4 is 16.0 Å². The van der Waals surface area contributed by atoms with Crippen LogP contribution in [0, 0.1) is 17.3 Å². The molecule has 3 unspecified atom stereocenters. The zero-order valence-corrected chi connectivity index (χ0v) is 19.0. The molecule has 3 atom stereocenters. The van der Waals surface area contributed by atoms with Crippen molar-refractivity contribution in [2.75, 3.05) is 5.32 Å². The topological polar surface area (TPSA) is 53.2 Å². The molecular weight excluding hydrogens is 472 g/mol. The van der Waals surface area contributed by atoms with Gasteiger partial charge in [-0.3, -0.25) is 4.79 Å². The first-order valence-electron chi connectivity index (χ1n) is 7.95. The van der Waals surface area contributed by atoms with E-state index < -0.39 is 9.96 Å². The van der Waals surface area contributed by atoms with E-state index in [1.54, 1.807) is 6.08 Å². The average Bonchev–Trinajstić information content (AvgIpc) is 3.06. The summed E-state index contributed by atoms with van der Waals surface area (Å²) in [5, 5.41) is 8.70. The van der Waals surface area contributed by atoms with Crippen molar-refractivity contribution in [2.45, 2.75) is 23.8 Å². The summed E-state index contributed by atoms with van der Waals surface area (Å²) in [6.07, 6.45) is 0.610. The maximum absolute atomic E-state index is 12.7. The van der Waals surface area contributed by atoms with Gasteiger partial charge in [0.15, 0.2) is 5.11 Å². The van der Waals surface area contributed by atoms with Crippen LogP contribution in [0.4, 0.5) is 5.69 Å². The number of halogens is 5. The molecule has 1 saturated carbocycles. The highest BCUT2D eigenvalue weighted by molar-refractivity contribution is 7.80. The van der Waals surface area contributed by atoms with E-state index in [-0.39, 0.29) is 32.8 Å². The van der Waals surface area contributed by atoms with Crippen LogP contribution in [0.25, 0.3) is 0 Å². The molecule has 0 radical (unpaired) electrons. The summed E-state index contributed by atoms with van der Waals surface area (Å²) < 4.78 is -1.71. The first kappa shape index (κ1) is 22.9. The molecule has 4 nitrogen and oxygen atoms in total. The van der Waals surface area contributed by atoms with Crippen LogP contribution in [0.1, 0.15) is 13.8 Å². The largest absolute Gasteiger partial charge is 0.339 e. The first-order chi connectivity index (χ1) is 12.4. The summed E-state index contributed by atoms with van der Waals surface area (Å²) >= 11 is 34.8. The molecule has 0 saturated heterocycles. The van der Waals surface area contributed by atoms with Gasteiger partial charge in [-0.25, -0.2) is 0 Å². The van der Waals surface area contributed by atoms with E-state index in [0.717, 1.165) is 5.69 Å². The highest BCUT2D eigenvalue weighted by Crippen LogP contribution is 2.59. The van der Waals surface area contributed by atoms with E-state index in [1.807, 2.05) is 44.2 Å². The number of hydrogen-bond donors (Lipinski definition) is 3. The Morgan fingerprint density at radius 1 is 1.19 bits per heavy atom. The molecule has 0 heterocycles. The number of anilines is 1. The number of allylic oxidation sites excluding steroid dienone is 1. The van der Waals surface area contributed by atoms with Crippen LogP contribution in [-0.2, 0) is 4.79 Å². The van der Waals surface area contributed by atoms with Gasteiger partial charge in [0.1, 0.15) is 10.7 Å². The van der Waals surface area contributed by atoms with Gasteiger partial charge < -0.3 is 16.0 Å². The molecule has 3 N–H and O–H groups in total. The zero-order valence-electron chi connectivity index (χ0n) is 14.4. The van der Waals surface area contributed by atoms with Gasteiger partial charge in [-0.2, -0.15) is 0 Å². The molecule has 2 rings (SSSR count). The zero-order chi connectivity index (χ0) is 20.4. The Morgan fingerprint density at radius 3 is 2.30 bits per heavy atom. The number of nitrogens with one attached hydrogen (secondary N) is 3. The number of carbonyl (C=O) groups is 1. The normalized spacial score (nSPS) is 21.6. The second-order valence-corrected chi connectivity index (χ2v) is 10.5. The average molecular weight is 490 g/mol. The van der Waals surface area contributed by atoms with Gasteiger partial charge in [-0.1, -0.05) is 90.1 Å². The Bertz CT molecular complexity index is 732. The van der Waals surface area contributed by atoms with Crippen molar-refractivity contribution in [3.8, 4) is 0 Å². The SMILES string of the molecule is CC1(C)C(C=C(Cl)Cl)C1C(=O)NC(NC(=S)Nc1ccccc1)C(Cl)(Cl)Cl. The molecule has 10 heteroatoms. The smallest absolute Gasteiger partial charge is 0.228 e. The van der Waals surface area contributed by atoms with Gasteiger partial charge in [0.05, 0.1) is 5.92 Å². The molecule has 1 aliphatic carbocycles. The van der Waals surface area contributed by atoms with Gasteiger partial charge in [-0.15, -0.1) is 0 Å². The van der Waals surface area contributed by atoms with Crippen LogP contribution in [0.15, 0.2) is 40.9 Å². The number of para-hydroxylation sites is 1. The molecule has 0 aromatic heterocycles. The first-order valence-corrected chi connectivity index (χ1v) is 10.2. The highest BCUT2D eigenvalue weighted by atomic mass is 35.6. The second kappa shape index (κ2) is 8.93. The van der Waals surface area contributed by atoms with E-state index in [4.69, 9.17) is 70.2 Å². The summed E-state index contributed by atoms with van der Waals surface area (Å²) in [6, 6.07) is 9.24. The number of rotatable bonds is 5. The quantitative estimate of drug-likeness (QED) is 0.295. The molecule has 1 aliphatic rings. The summed E-state index contributed by atoms with van der Waals surface area (Å²) in [4.78, 5) is 12.7. The van der Waals surface area contributed by atoms with Crippen molar-refractivity contribution in [3.05, 3.63) is 40.9 Å². The molecule has 0 bridgehead atoms. The van der Waals surface area contributed by atoms with Crippen LogP contribution in [0.2, 0.25) is 0 Å². The van der Waals surface area contributed by atoms with Crippen molar-refractivity contribution in [3.63, 3.8) is 0 Å². The lowest BCUT2D eigenvalue weighted by Crippen LogP contribution is -2.56. The Morgan fingerprint density at radius 2 is 1.78 bits per heavy atom. The number of carbonyl (C=O) groups excluding carboxylic acids is 1. The number of benzene rings is 1. The predicted molar refractivity (Wildman–Crippen MR) is 119 cm³/mol. The van der Waals surface area contributed by atoms with Crippen molar-refractivity contribution >= 4 is 86.9 Å². The molecule has 27 heavy (non-hydrogen) atoms. The van der Waals surface area contributed by atoms with Crippen LogP contribution in [0.5, 0.6) is 0 Å². The van der Waals surface area contributed by atoms with E-state index in [1.165, 1.54) is 0 Å². The standard InChI is InChI=1S/C17H18Cl5N3OS/c1-16(2)10(8-11(18)19)12(16)13(26)24-14(17(20,21)22)25-15(27)23-9-6-4-3-5-7-9/h3-8,10,12,14H,1-2H3,(H,24,26)(H2,23,25,27). The van der Waals surface area contributed by atoms with Gasteiger partial charge in [0.25, 0.3) is 0 Å². The molecule has 1 aromatic rings. The Balaban J connectivity index is 2.04. The van der Waals surface area contributed by atoms with E-state index in [0.29, 0.717) is 0 Å². The van der Waals surface area contributed by atoms with Crippen LogP contribution >= 0.6 is 70.2 Å². The lowest BCUT2D eigenvalue weighted by atomic mass is 10.1. The third-order valence-electron chi connectivity index (χ3n) is 4.42. The molecule has 148 valence electrons. The fourth-order valence-corrected chi connectivity index (χ4v) is 3.71. The summed E-state index contributed by atoms with van der Waals surface area (Å²) in [6.45, 7) is 3.88. The molecule has 1 fully saturated rings. The number of thiocarbonyl (C=S) groups is 1. The van der Waals surface area contributed by atoms with Crippen molar-refractivity contribution in [1.29, 1.82) is 0 Å². The van der Waals surface area contributed by atoms with Crippen LogP contribution in [0.3, 0.4) is 0 Å². The fraction of sp³-hybridized carbons (Fsp3) is 0.412. The minimum atomic E-state index is -1.83. The summed E-state index contributed by atoms with van der Waals surface area (Å²) in [5.74, 6) is -0.743. The molecule has 1 amide bonds. The van der Waals surface area contributed by atoms with E-state index in [2.05, 4.69) is 16.0 Å². The van der Waals surface area contributed by atoms with E-state index in [9.17, 15) is 4.79 Å². The summed E-state index contributed by atoms with van der Waals surface area (Å²) in [5.41, 5.74) is 0.453. The Hall–Kier alpha value is -0.430. The second-order valence-electron chi connectivity index (χ2n) is 6.73. The minimum Gasteiger partial charge on any atom is -0.339 e. The van der Waals surface area contributed by atoms with E-state index >= 15 is 0 Å². The van der Waals surface area contributed by atoms with Gasteiger partial charge in [0, 0.05) is 5.69 Å². The molecule has 0 spiro atoms. The minimum absolute atomic E-state index is 0.104. The Kier molecular flexibility index (Phi) is 7.56. The lowest BCUT2D eigenvalue weighted by molar-refractivity contribution is -0.123. The lowest BCUT2D eigenvalue weighted by Gasteiger charge is -2.28. The number of amides is 1. The van der Waals surface area contributed by atoms with Crippen molar-refractivity contribution in [2.24, 2.45) is 17.3 Å². The van der Waals surface area contributed by atoms with Crippen molar-refractivity contribution in [1.82, 2.24) is 10.6 Å². The van der Waals surface area contributed by atoms with Crippen molar-refractivity contribution < 1.29 is 4.79 Å². The maximum atomic E-state index is 12.7. The van der Waals surface area contributed by atoms with Gasteiger partial charge in [-0.05, 0) is 41.8 Å². The molecular formula is C17H18Cl5N3OS. The highest BCUT2D eigenvalue weighted by Gasteiger charge is 2.61. The Labute approximate surface area is 188 Å². The predicted octanol–water partition coefficient (Wildman–Crippen LogP) is 5.38. The fourth-order valence-electron chi connectivity index (χ4n) is 2.88. The monoisotopic (exact) mass is 487 g/mol. The maximum Gasteiger partial charge on any atom is 0.228 e. The number of hydrogen-bond acceptors (Lipinski definition) is 2. The van der Waals surface area contributed by atoms with Gasteiger partial charge in [0.2, 0.25) is 9.70 Å². The molecule has 0 aliphatic heterocycles. The third kappa shape index (κ3) is 6.28. The third-order valence-corrected chi connectivity index (χ3v) is 5.55. The van der Waals surface area contributed by atoms with Crippen LogP contribution in [-0.4, -0.2) is 21.0 Å². The molecule has 1 aromatic carbocycles. The number of alkyl halides is 3.